The molecule has 1 aromatic carbocycles. The minimum Gasteiger partial charge on any atom is -0.398 e. The first kappa shape index (κ1) is 10.6. The molecule has 0 aliphatic heterocycles. The van der Waals surface area contributed by atoms with E-state index in [4.69, 9.17) is 5.73 Å². The molecule has 0 saturated carbocycles. The van der Waals surface area contributed by atoms with E-state index in [0.717, 1.165) is 12.1 Å². The summed E-state index contributed by atoms with van der Waals surface area (Å²) in [4.78, 5) is 10.4. The van der Waals surface area contributed by atoms with Gasteiger partial charge in [-0.05, 0) is 24.6 Å². The van der Waals surface area contributed by atoms with Gasteiger partial charge in [0.2, 0.25) is 0 Å². The largest absolute Gasteiger partial charge is 0.416 e. The summed E-state index contributed by atoms with van der Waals surface area (Å²) in [6.45, 7) is 1.24. The standard InChI is InChI=1S/C9H8F3NO/c1-5-7(9(10,11)12)3-2-6(4-14)8(5)13/h2-4H,13H2,1H3. The molecule has 2 N–H and O–H groups in total. The van der Waals surface area contributed by atoms with Crippen LogP contribution in [0.5, 0.6) is 0 Å². The topological polar surface area (TPSA) is 43.1 Å². The predicted molar refractivity (Wildman–Crippen MR) is 46.0 cm³/mol. The quantitative estimate of drug-likeness (QED) is 0.562. The molecule has 0 saturated heterocycles. The first-order valence-electron chi connectivity index (χ1n) is 3.79. The molecule has 0 spiro atoms. The number of alkyl halides is 3. The summed E-state index contributed by atoms with van der Waals surface area (Å²) in [5.41, 5.74) is 4.41. The van der Waals surface area contributed by atoms with E-state index in [1.54, 1.807) is 0 Å². The number of carbonyl (C=O) groups excluding carboxylic acids is 1. The SMILES string of the molecule is Cc1c(C(F)(F)F)ccc(C=O)c1N. The summed E-state index contributed by atoms with van der Waals surface area (Å²) in [6, 6.07) is 1.92. The van der Waals surface area contributed by atoms with Crippen LogP contribution in [0.25, 0.3) is 0 Å². The molecular formula is C9H8F3NO. The Hall–Kier alpha value is -1.52. The van der Waals surface area contributed by atoms with Gasteiger partial charge in [0.25, 0.3) is 0 Å². The molecule has 0 heterocycles. The minimum absolute atomic E-state index is 0.0792. The van der Waals surface area contributed by atoms with Crippen molar-refractivity contribution in [3.8, 4) is 0 Å². The molecule has 0 fully saturated rings. The molecule has 2 nitrogen and oxygen atoms in total. The second kappa shape index (κ2) is 3.32. The second-order valence-electron chi connectivity index (χ2n) is 2.86. The lowest BCUT2D eigenvalue weighted by Crippen LogP contribution is -2.10. The zero-order valence-electron chi connectivity index (χ0n) is 7.35. The lowest BCUT2D eigenvalue weighted by Gasteiger charge is -2.12. The fraction of sp³-hybridized carbons (Fsp3) is 0.222. The van der Waals surface area contributed by atoms with Crippen LogP contribution in [0.4, 0.5) is 18.9 Å². The second-order valence-corrected chi connectivity index (χ2v) is 2.86. The van der Waals surface area contributed by atoms with Crippen LogP contribution in [0.2, 0.25) is 0 Å². The molecule has 0 aliphatic carbocycles. The van der Waals surface area contributed by atoms with Crippen LogP contribution >= 0.6 is 0 Å². The number of hydrogen-bond donors (Lipinski definition) is 1. The van der Waals surface area contributed by atoms with E-state index in [1.807, 2.05) is 0 Å². The van der Waals surface area contributed by atoms with Gasteiger partial charge in [-0.2, -0.15) is 13.2 Å². The molecule has 76 valence electrons. The smallest absolute Gasteiger partial charge is 0.398 e. The van der Waals surface area contributed by atoms with Gasteiger partial charge in [0.15, 0.2) is 6.29 Å². The van der Waals surface area contributed by atoms with E-state index in [2.05, 4.69) is 0 Å². The van der Waals surface area contributed by atoms with Crippen LogP contribution in [0.3, 0.4) is 0 Å². The molecule has 0 amide bonds. The minimum atomic E-state index is -4.43. The van der Waals surface area contributed by atoms with Crippen LogP contribution in [-0.4, -0.2) is 6.29 Å². The van der Waals surface area contributed by atoms with Gasteiger partial charge in [0.1, 0.15) is 0 Å². The van der Waals surface area contributed by atoms with Crippen molar-refractivity contribution in [3.05, 3.63) is 28.8 Å². The van der Waals surface area contributed by atoms with Crippen molar-refractivity contribution in [1.82, 2.24) is 0 Å². The number of carbonyl (C=O) groups is 1. The summed E-state index contributed by atoms with van der Waals surface area (Å²) in [5.74, 6) is 0. The molecule has 0 atom stereocenters. The van der Waals surface area contributed by atoms with Crippen molar-refractivity contribution in [2.24, 2.45) is 0 Å². The fourth-order valence-electron chi connectivity index (χ4n) is 1.16. The number of rotatable bonds is 1. The molecule has 1 rings (SSSR count). The molecule has 0 radical (unpaired) electrons. The van der Waals surface area contributed by atoms with Crippen molar-refractivity contribution in [3.63, 3.8) is 0 Å². The zero-order valence-corrected chi connectivity index (χ0v) is 7.35. The monoisotopic (exact) mass is 203 g/mol. The lowest BCUT2D eigenvalue weighted by molar-refractivity contribution is -0.138. The molecule has 0 bridgehead atoms. The van der Waals surface area contributed by atoms with Crippen LogP contribution in [-0.2, 0) is 6.18 Å². The first-order valence-corrected chi connectivity index (χ1v) is 3.79. The number of nitrogen functional groups attached to an aromatic ring is 1. The van der Waals surface area contributed by atoms with E-state index in [9.17, 15) is 18.0 Å². The van der Waals surface area contributed by atoms with Crippen molar-refractivity contribution >= 4 is 12.0 Å². The third-order valence-electron chi connectivity index (χ3n) is 1.98. The van der Waals surface area contributed by atoms with Crippen LogP contribution in [0, 0.1) is 6.92 Å². The van der Waals surface area contributed by atoms with Crippen molar-refractivity contribution in [2.45, 2.75) is 13.1 Å². The Morgan fingerprint density at radius 3 is 2.36 bits per heavy atom. The van der Waals surface area contributed by atoms with E-state index < -0.39 is 11.7 Å². The number of nitrogens with two attached hydrogens (primary N) is 1. The van der Waals surface area contributed by atoms with Gasteiger partial charge in [-0.3, -0.25) is 4.79 Å². The summed E-state index contributed by atoms with van der Waals surface area (Å²) in [5, 5.41) is 0. The fourth-order valence-corrected chi connectivity index (χ4v) is 1.16. The van der Waals surface area contributed by atoms with E-state index in [1.165, 1.54) is 6.92 Å². The number of halogens is 3. The molecular weight excluding hydrogens is 195 g/mol. The third-order valence-corrected chi connectivity index (χ3v) is 1.98. The Balaban J connectivity index is 3.38. The van der Waals surface area contributed by atoms with E-state index in [-0.39, 0.29) is 16.8 Å². The van der Waals surface area contributed by atoms with Crippen LogP contribution in [0.1, 0.15) is 21.5 Å². The molecule has 5 heteroatoms. The average Bonchev–Trinajstić information content (AvgIpc) is 2.07. The molecule has 1 aromatic rings. The molecule has 0 aliphatic rings. The highest BCUT2D eigenvalue weighted by Crippen LogP contribution is 2.34. The van der Waals surface area contributed by atoms with Gasteiger partial charge in [0, 0.05) is 11.3 Å². The number of anilines is 1. The Kier molecular flexibility index (Phi) is 2.51. The Bertz CT molecular complexity index is 371. The first-order chi connectivity index (χ1) is 6.38. The highest BCUT2D eigenvalue weighted by Gasteiger charge is 2.33. The highest BCUT2D eigenvalue weighted by atomic mass is 19.4. The van der Waals surface area contributed by atoms with Gasteiger partial charge in [-0.1, -0.05) is 0 Å². The van der Waals surface area contributed by atoms with Crippen molar-refractivity contribution < 1.29 is 18.0 Å². The number of hydrogen-bond acceptors (Lipinski definition) is 2. The summed E-state index contributed by atoms with van der Waals surface area (Å²) >= 11 is 0. The van der Waals surface area contributed by atoms with Gasteiger partial charge >= 0.3 is 6.18 Å². The maximum atomic E-state index is 12.3. The van der Waals surface area contributed by atoms with Gasteiger partial charge in [-0.25, -0.2) is 0 Å². The zero-order chi connectivity index (χ0) is 10.9. The molecule has 0 aromatic heterocycles. The highest BCUT2D eigenvalue weighted by molar-refractivity contribution is 5.85. The van der Waals surface area contributed by atoms with Gasteiger partial charge in [0.05, 0.1) is 5.56 Å². The predicted octanol–water partition coefficient (Wildman–Crippen LogP) is 2.41. The summed E-state index contributed by atoms with van der Waals surface area (Å²) in [7, 11) is 0. The van der Waals surface area contributed by atoms with Crippen LogP contribution < -0.4 is 5.73 Å². The normalized spacial score (nSPS) is 11.4. The summed E-state index contributed by atoms with van der Waals surface area (Å²) in [6.07, 6.45) is -4.00. The van der Waals surface area contributed by atoms with Crippen molar-refractivity contribution in [1.29, 1.82) is 0 Å². The maximum Gasteiger partial charge on any atom is 0.416 e. The van der Waals surface area contributed by atoms with E-state index >= 15 is 0 Å². The average molecular weight is 203 g/mol. The van der Waals surface area contributed by atoms with Crippen molar-refractivity contribution in [2.75, 3.05) is 5.73 Å². The molecule has 14 heavy (non-hydrogen) atoms. The van der Waals surface area contributed by atoms with Gasteiger partial charge < -0.3 is 5.73 Å². The van der Waals surface area contributed by atoms with Gasteiger partial charge in [-0.15, -0.1) is 0 Å². The lowest BCUT2D eigenvalue weighted by atomic mass is 10.0. The Morgan fingerprint density at radius 2 is 1.93 bits per heavy atom. The maximum absolute atomic E-state index is 12.3. The summed E-state index contributed by atoms with van der Waals surface area (Å²) < 4.78 is 37.0. The Labute approximate surface area is 78.5 Å². The number of aldehydes is 1. The molecule has 0 unspecified atom stereocenters. The van der Waals surface area contributed by atoms with Crippen LogP contribution in [0.15, 0.2) is 12.1 Å². The Morgan fingerprint density at radius 1 is 1.36 bits per heavy atom. The third kappa shape index (κ3) is 1.71. The number of benzene rings is 1. The van der Waals surface area contributed by atoms with E-state index in [0.29, 0.717) is 6.29 Å².